The second kappa shape index (κ2) is 13.1. The van der Waals surface area contributed by atoms with Gasteiger partial charge < -0.3 is 14.6 Å². The zero-order valence-corrected chi connectivity index (χ0v) is 21.8. The molecular weight excluding hydrogens is 506 g/mol. The third-order valence-corrected chi connectivity index (χ3v) is 7.01. The number of nitrogens with zero attached hydrogens (tertiary/aromatic N) is 1. The van der Waals surface area contributed by atoms with Crippen LogP contribution in [0.3, 0.4) is 0 Å². The number of hydrogen-bond acceptors (Lipinski definition) is 6. The minimum atomic E-state index is -0.841. The van der Waals surface area contributed by atoms with Crippen molar-refractivity contribution >= 4 is 46.3 Å². The van der Waals surface area contributed by atoms with Crippen LogP contribution in [0.25, 0.3) is 6.08 Å². The maximum Gasteiger partial charge on any atom is 0.303 e. The lowest BCUT2D eigenvalue weighted by molar-refractivity contribution is -0.137. The van der Waals surface area contributed by atoms with Crippen LogP contribution in [0.2, 0.25) is 0 Å². The van der Waals surface area contributed by atoms with Gasteiger partial charge in [-0.15, -0.1) is 0 Å². The number of benzene rings is 3. The molecule has 1 saturated heterocycles. The van der Waals surface area contributed by atoms with Crippen LogP contribution in [0.15, 0.2) is 83.8 Å². The van der Waals surface area contributed by atoms with Crippen LogP contribution in [0.1, 0.15) is 36.0 Å². The average molecular weight is 534 g/mol. The van der Waals surface area contributed by atoms with Gasteiger partial charge in [0, 0.05) is 13.0 Å². The Morgan fingerprint density at radius 1 is 0.892 bits per heavy atom. The zero-order chi connectivity index (χ0) is 26.0. The van der Waals surface area contributed by atoms with Gasteiger partial charge >= 0.3 is 5.97 Å². The molecule has 4 rings (SSSR count). The number of ether oxygens (including phenoxy) is 2. The van der Waals surface area contributed by atoms with Gasteiger partial charge in [-0.2, -0.15) is 0 Å². The molecule has 1 amide bonds. The minimum absolute atomic E-state index is 0.0785. The third-order valence-electron chi connectivity index (χ3n) is 5.64. The first-order valence-corrected chi connectivity index (χ1v) is 13.2. The van der Waals surface area contributed by atoms with Crippen LogP contribution >= 0.6 is 24.0 Å². The number of carbonyl (C=O) groups is 2. The van der Waals surface area contributed by atoms with Gasteiger partial charge in [0.2, 0.25) is 0 Å². The monoisotopic (exact) mass is 533 g/mol. The first kappa shape index (κ1) is 26.4. The predicted octanol–water partition coefficient (Wildman–Crippen LogP) is 6.30. The molecule has 0 spiro atoms. The van der Waals surface area contributed by atoms with Gasteiger partial charge in [0.25, 0.3) is 5.91 Å². The van der Waals surface area contributed by atoms with Crippen molar-refractivity contribution in [3.63, 3.8) is 0 Å². The van der Waals surface area contributed by atoms with Crippen molar-refractivity contribution in [2.45, 2.75) is 32.5 Å². The van der Waals surface area contributed by atoms with Gasteiger partial charge in [0.05, 0.1) is 4.91 Å². The van der Waals surface area contributed by atoms with E-state index in [2.05, 4.69) is 0 Å². The molecule has 6 nitrogen and oxygen atoms in total. The van der Waals surface area contributed by atoms with Crippen molar-refractivity contribution < 1.29 is 24.2 Å². The normalized spacial score (nSPS) is 14.3. The third kappa shape index (κ3) is 7.68. The van der Waals surface area contributed by atoms with E-state index < -0.39 is 5.97 Å². The van der Waals surface area contributed by atoms with Crippen LogP contribution in [0.4, 0.5) is 0 Å². The lowest BCUT2D eigenvalue weighted by Crippen LogP contribution is -2.29. The number of carboxylic acids is 1. The minimum Gasteiger partial charge on any atom is -0.485 e. The highest BCUT2D eigenvalue weighted by Crippen LogP contribution is 2.35. The highest BCUT2D eigenvalue weighted by Gasteiger charge is 2.31. The fourth-order valence-corrected chi connectivity index (χ4v) is 5.02. The summed E-state index contributed by atoms with van der Waals surface area (Å²) in [5, 5.41) is 8.81. The smallest absolute Gasteiger partial charge is 0.303 e. The van der Waals surface area contributed by atoms with E-state index in [4.69, 9.17) is 26.8 Å². The summed E-state index contributed by atoms with van der Waals surface area (Å²) in [5.74, 6) is 0.189. The van der Waals surface area contributed by atoms with Gasteiger partial charge in [0.1, 0.15) is 17.5 Å². The largest absolute Gasteiger partial charge is 0.485 e. The number of carboxylic acid groups (broad SMARTS) is 1. The molecule has 1 fully saturated rings. The Morgan fingerprint density at radius 3 is 2.14 bits per heavy atom. The molecular formula is C29H27NO5S2. The van der Waals surface area contributed by atoms with Crippen LogP contribution < -0.4 is 9.47 Å². The van der Waals surface area contributed by atoms with Crippen molar-refractivity contribution in [1.82, 2.24) is 4.90 Å². The van der Waals surface area contributed by atoms with Gasteiger partial charge in [0.15, 0.2) is 11.5 Å². The topological polar surface area (TPSA) is 76.1 Å². The summed E-state index contributed by atoms with van der Waals surface area (Å²) in [6.45, 7) is 1.19. The lowest BCUT2D eigenvalue weighted by Gasteiger charge is -2.14. The number of rotatable bonds is 12. The summed E-state index contributed by atoms with van der Waals surface area (Å²) in [5.41, 5.74) is 2.87. The summed E-state index contributed by atoms with van der Waals surface area (Å²) < 4.78 is 12.7. The van der Waals surface area contributed by atoms with Crippen LogP contribution in [-0.4, -0.2) is 32.7 Å². The van der Waals surface area contributed by atoms with Crippen molar-refractivity contribution in [3.05, 3.63) is 100 Å². The molecule has 3 aromatic rings. The van der Waals surface area contributed by atoms with E-state index in [-0.39, 0.29) is 12.3 Å². The Bertz CT molecular complexity index is 1280. The van der Waals surface area contributed by atoms with E-state index in [1.807, 2.05) is 78.9 Å². The fraction of sp³-hybridized carbons (Fsp3) is 0.207. The van der Waals surface area contributed by atoms with Gasteiger partial charge in [-0.05, 0) is 47.7 Å². The maximum atomic E-state index is 12.9. The molecule has 37 heavy (non-hydrogen) atoms. The number of carbonyl (C=O) groups excluding carboxylic acids is 1. The molecule has 8 heteroatoms. The van der Waals surface area contributed by atoms with Crippen molar-refractivity contribution in [2.75, 3.05) is 6.54 Å². The number of thiocarbonyl (C=S) groups is 1. The van der Waals surface area contributed by atoms with Gasteiger partial charge in [-0.1, -0.05) is 90.7 Å². The number of hydrogen-bond donors (Lipinski definition) is 1. The molecule has 0 unspecified atom stereocenters. The standard InChI is InChI=1S/C29H27NO5S2/c31-27(32)13-7-8-16-30-28(33)26(37-29(30)36)18-23-14-15-24(34-19-21-9-3-1-4-10-21)25(17-23)35-20-22-11-5-2-6-12-22/h1-6,9-12,14-15,17-18H,7-8,13,16,19-20H2,(H,31,32). The first-order valence-electron chi connectivity index (χ1n) is 11.9. The zero-order valence-electron chi connectivity index (χ0n) is 20.2. The van der Waals surface area contributed by atoms with Crippen LogP contribution in [0.5, 0.6) is 11.5 Å². The molecule has 0 saturated carbocycles. The van der Waals surface area contributed by atoms with Gasteiger partial charge in [-0.25, -0.2) is 0 Å². The molecule has 0 aliphatic carbocycles. The highest BCUT2D eigenvalue weighted by molar-refractivity contribution is 8.26. The van der Waals surface area contributed by atoms with Crippen molar-refractivity contribution in [3.8, 4) is 11.5 Å². The molecule has 0 aromatic heterocycles. The summed E-state index contributed by atoms with van der Waals surface area (Å²) in [4.78, 5) is 25.7. The van der Waals surface area contributed by atoms with E-state index in [9.17, 15) is 9.59 Å². The molecule has 1 aliphatic heterocycles. The van der Waals surface area contributed by atoms with Crippen LogP contribution in [0, 0.1) is 0 Å². The van der Waals surface area contributed by atoms with Crippen molar-refractivity contribution in [1.29, 1.82) is 0 Å². The number of amides is 1. The number of unbranched alkanes of at least 4 members (excludes halogenated alkanes) is 1. The highest BCUT2D eigenvalue weighted by atomic mass is 32.2. The van der Waals surface area contributed by atoms with E-state index in [0.717, 1.165) is 16.7 Å². The molecule has 1 aliphatic rings. The van der Waals surface area contributed by atoms with E-state index >= 15 is 0 Å². The molecule has 1 N–H and O–H groups in total. The molecule has 0 bridgehead atoms. The Balaban J connectivity index is 1.49. The number of thioether (sulfide) groups is 1. The van der Waals surface area contributed by atoms with Crippen molar-refractivity contribution in [2.24, 2.45) is 0 Å². The SMILES string of the molecule is O=C(O)CCCCN1C(=O)C(=Cc2ccc(OCc3ccccc3)c(OCc3ccccc3)c2)SC1=S. The molecule has 3 aromatic carbocycles. The fourth-order valence-electron chi connectivity index (χ4n) is 3.71. The lowest BCUT2D eigenvalue weighted by atomic mass is 10.1. The quantitative estimate of drug-likeness (QED) is 0.166. The summed E-state index contributed by atoms with van der Waals surface area (Å²) >= 11 is 6.65. The molecule has 0 radical (unpaired) electrons. The second-order valence-corrected chi connectivity index (χ2v) is 10.1. The molecule has 0 atom stereocenters. The summed E-state index contributed by atoms with van der Waals surface area (Å²) in [7, 11) is 0. The molecule has 1 heterocycles. The van der Waals surface area contributed by atoms with E-state index in [0.29, 0.717) is 53.3 Å². The Labute approximate surface area is 225 Å². The summed E-state index contributed by atoms with van der Waals surface area (Å²) in [6.07, 6.45) is 2.96. The average Bonchev–Trinajstić information content (AvgIpc) is 3.17. The Hall–Kier alpha value is -3.62. The Morgan fingerprint density at radius 2 is 1.51 bits per heavy atom. The van der Waals surface area contributed by atoms with E-state index in [1.54, 1.807) is 6.08 Å². The van der Waals surface area contributed by atoms with E-state index in [1.165, 1.54) is 16.7 Å². The predicted molar refractivity (Wildman–Crippen MR) is 149 cm³/mol. The summed E-state index contributed by atoms with van der Waals surface area (Å²) in [6, 6.07) is 25.4. The van der Waals surface area contributed by atoms with Crippen LogP contribution in [-0.2, 0) is 22.8 Å². The maximum absolute atomic E-state index is 12.9. The number of aliphatic carboxylic acids is 1. The second-order valence-electron chi connectivity index (χ2n) is 8.44. The first-order chi connectivity index (χ1) is 18.0. The molecule has 190 valence electrons. The van der Waals surface area contributed by atoms with Gasteiger partial charge in [-0.3, -0.25) is 14.5 Å². The Kier molecular flexibility index (Phi) is 9.35.